The van der Waals surface area contributed by atoms with Crippen molar-refractivity contribution in [2.75, 3.05) is 13.1 Å². The number of aliphatic hydroxyl groups excluding tert-OH is 1. The van der Waals surface area contributed by atoms with Gasteiger partial charge in [-0.1, -0.05) is 12.1 Å². The van der Waals surface area contributed by atoms with Crippen LogP contribution >= 0.6 is 0 Å². The number of amides is 1. The Morgan fingerprint density at radius 1 is 1.21 bits per heavy atom. The van der Waals surface area contributed by atoms with Gasteiger partial charge >= 0.3 is 0 Å². The maximum absolute atomic E-state index is 12.4. The molecule has 6 nitrogen and oxygen atoms in total. The number of aromatic hydroxyl groups is 1. The van der Waals surface area contributed by atoms with Crippen molar-refractivity contribution in [1.82, 2.24) is 14.9 Å². The molecule has 0 spiro atoms. The van der Waals surface area contributed by atoms with Gasteiger partial charge in [-0.2, -0.15) is 0 Å². The van der Waals surface area contributed by atoms with Crippen LogP contribution in [-0.2, 0) is 17.6 Å². The van der Waals surface area contributed by atoms with E-state index in [0.717, 1.165) is 11.3 Å². The topological polar surface area (TPSA) is 86.5 Å². The van der Waals surface area contributed by atoms with Gasteiger partial charge in [-0.15, -0.1) is 0 Å². The van der Waals surface area contributed by atoms with E-state index in [0.29, 0.717) is 32.4 Å². The summed E-state index contributed by atoms with van der Waals surface area (Å²) in [7, 11) is 0. The number of β-amino-alcohol motifs (C(OH)–C–C–N with tert-alkyl or cyclic N) is 1. The normalized spacial score (nSPS) is 20.3. The summed E-state index contributed by atoms with van der Waals surface area (Å²) in [4.78, 5) is 22.4. The first kappa shape index (κ1) is 16.4. The van der Waals surface area contributed by atoms with E-state index in [9.17, 15) is 15.0 Å². The van der Waals surface area contributed by atoms with E-state index in [1.165, 1.54) is 0 Å². The number of carbonyl (C=O) groups is 1. The van der Waals surface area contributed by atoms with Crippen molar-refractivity contribution in [3.63, 3.8) is 0 Å². The van der Waals surface area contributed by atoms with E-state index < -0.39 is 6.10 Å². The Bertz CT molecular complexity index is 676. The van der Waals surface area contributed by atoms with Gasteiger partial charge in [0.2, 0.25) is 5.91 Å². The summed E-state index contributed by atoms with van der Waals surface area (Å²) in [6.45, 7) is 0.922. The molecule has 0 radical (unpaired) electrons. The van der Waals surface area contributed by atoms with E-state index in [2.05, 4.69) is 9.97 Å². The maximum atomic E-state index is 12.4. The van der Waals surface area contributed by atoms with Crippen LogP contribution < -0.4 is 0 Å². The monoisotopic (exact) mass is 327 g/mol. The van der Waals surface area contributed by atoms with Crippen LogP contribution in [0.5, 0.6) is 5.75 Å². The lowest BCUT2D eigenvalue weighted by molar-refractivity contribution is -0.130. The second-order valence-corrected chi connectivity index (χ2v) is 6.19. The molecule has 1 aromatic heterocycles. The number of rotatable bonds is 5. The smallest absolute Gasteiger partial charge is 0.223 e. The molecule has 6 heteroatoms. The summed E-state index contributed by atoms with van der Waals surface area (Å²) < 4.78 is 0. The van der Waals surface area contributed by atoms with Gasteiger partial charge in [0.25, 0.3) is 0 Å². The van der Waals surface area contributed by atoms with Crippen LogP contribution in [0.3, 0.4) is 0 Å². The minimum Gasteiger partial charge on any atom is -0.508 e. The lowest BCUT2D eigenvalue weighted by Gasteiger charge is -2.16. The fourth-order valence-corrected chi connectivity index (χ4v) is 3.03. The number of carbonyl (C=O) groups excluding carboxylic acids is 1. The SMILES string of the molecule is O=C(CCc1ccc(O)cc1)N1CC(O)C(Cc2cnccn2)C1. The molecular weight excluding hydrogens is 306 g/mol. The number of phenols is 1. The average molecular weight is 327 g/mol. The van der Waals surface area contributed by atoms with Crippen LogP contribution in [0.2, 0.25) is 0 Å². The molecular formula is C18H21N3O3. The van der Waals surface area contributed by atoms with Crippen molar-refractivity contribution in [3.05, 3.63) is 54.1 Å². The quantitative estimate of drug-likeness (QED) is 0.861. The highest BCUT2D eigenvalue weighted by Gasteiger charge is 2.33. The van der Waals surface area contributed by atoms with Crippen LogP contribution in [-0.4, -0.2) is 50.2 Å². The van der Waals surface area contributed by atoms with Gasteiger partial charge in [0.15, 0.2) is 0 Å². The van der Waals surface area contributed by atoms with Gasteiger partial charge < -0.3 is 15.1 Å². The Balaban J connectivity index is 1.52. The van der Waals surface area contributed by atoms with Crippen LogP contribution in [0.15, 0.2) is 42.9 Å². The molecule has 1 saturated heterocycles. The number of nitrogens with zero attached hydrogens (tertiary/aromatic N) is 3. The molecule has 24 heavy (non-hydrogen) atoms. The van der Waals surface area contributed by atoms with Gasteiger partial charge in [0.05, 0.1) is 11.8 Å². The molecule has 2 unspecified atom stereocenters. The van der Waals surface area contributed by atoms with Crippen LogP contribution in [0.1, 0.15) is 17.7 Å². The van der Waals surface area contributed by atoms with Gasteiger partial charge in [0.1, 0.15) is 5.75 Å². The third kappa shape index (κ3) is 4.08. The average Bonchev–Trinajstić information content (AvgIpc) is 2.96. The van der Waals surface area contributed by atoms with E-state index in [1.54, 1.807) is 35.6 Å². The van der Waals surface area contributed by atoms with Crippen LogP contribution in [0.25, 0.3) is 0 Å². The predicted molar refractivity (Wildman–Crippen MR) is 88.2 cm³/mol. The minimum atomic E-state index is -0.523. The summed E-state index contributed by atoms with van der Waals surface area (Å²) in [5.41, 5.74) is 1.84. The maximum Gasteiger partial charge on any atom is 0.223 e. The zero-order valence-electron chi connectivity index (χ0n) is 13.4. The molecule has 1 aliphatic heterocycles. The Morgan fingerprint density at radius 2 is 2.00 bits per heavy atom. The number of benzene rings is 1. The largest absolute Gasteiger partial charge is 0.508 e. The van der Waals surface area contributed by atoms with Gasteiger partial charge in [-0.3, -0.25) is 14.8 Å². The van der Waals surface area contributed by atoms with Crippen molar-refractivity contribution in [1.29, 1.82) is 0 Å². The first-order valence-corrected chi connectivity index (χ1v) is 8.10. The van der Waals surface area contributed by atoms with E-state index in [-0.39, 0.29) is 17.6 Å². The number of aromatic nitrogens is 2. The Labute approximate surface area is 140 Å². The Hall–Kier alpha value is -2.47. The number of aliphatic hydroxyl groups is 1. The second kappa shape index (κ2) is 7.40. The van der Waals surface area contributed by atoms with Gasteiger partial charge in [-0.25, -0.2) is 0 Å². The highest BCUT2D eigenvalue weighted by atomic mass is 16.3. The van der Waals surface area contributed by atoms with Gasteiger partial charge in [0, 0.05) is 44.0 Å². The first-order valence-electron chi connectivity index (χ1n) is 8.10. The summed E-state index contributed by atoms with van der Waals surface area (Å²) >= 11 is 0. The Morgan fingerprint density at radius 3 is 2.71 bits per heavy atom. The molecule has 0 saturated carbocycles. The molecule has 3 rings (SSSR count). The molecule has 0 bridgehead atoms. The molecule has 1 aliphatic rings. The second-order valence-electron chi connectivity index (χ2n) is 6.19. The zero-order valence-corrected chi connectivity index (χ0v) is 13.4. The highest BCUT2D eigenvalue weighted by molar-refractivity contribution is 5.76. The third-order valence-electron chi connectivity index (χ3n) is 4.41. The number of aryl methyl sites for hydroxylation is 1. The number of phenolic OH excluding ortho intramolecular Hbond substituents is 1. The minimum absolute atomic E-state index is 0.000627. The van der Waals surface area contributed by atoms with Crippen LogP contribution in [0, 0.1) is 5.92 Å². The molecule has 1 aromatic carbocycles. The van der Waals surface area contributed by atoms with Crippen molar-refractivity contribution in [3.8, 4) is 5.75 Å². The summed E-state index contributed by atoms with van der Waals surface area (Å²) in [6.07, 6.45) is 6.07. The van der Waals surface area contributed by atoms with Crippen molar-refractivity contribution in [2.45, 2.75) is 25.4 Å². The summed E-state index contributed by atoms with van der Waals surface area (Å²) in [5, 5.41) is 19.5. The molecule has 2 heterocycles. The predicted octanol–water partition coefficient (Wildman–Crippen LogP) is 1.18. The van der Waals surface area contributed by atoms with E-state index >= 15 is 0 Å². The zero-order chi connectivity index (χ0) is 16.9. The van der Waals surface area contributed by atoms with E-state index in [1.807, 2.05) is 12.1 Å². The van der Waals surface area contributed by atoms with E-state index in [4.69, 9.17) is 0 Å². The lowest BCUT2D eigenvalue weighted by Crippen LogP contribution is -2.29. The number of hydrogen-bond acceptors (Lipinski definition) is 5. The van der Waals surface area contributed by atoms with Crippen molar-refractivity contribution >= 4 is 5.91 Å². The lowest BCUT2D eigenvalue weighted by atomic mass is 10.0. The Kier molecular flexibility index (Phi) is 5.05. The highest BCUT2D eigenvalue weighted by Crippen LogP contribution is 2.22. The first-order chi connectivity index (χ1) is 11.6. The molecule has 2 aromatic rings. The number of likely N-dealkylation sites (tertiary alicyclic amines) is 1. The molecule has 126 valence electrons. The van der Waals surface area contributed by atoms with Crippen molar-refractivity contribution in [2.24, 2.45) is 5.92 Å². The molecule has 1 amide bonds. The summed E-state index contributed by atoms with van der Waals surface area (Å²) in [6, 6.07) is 6.88. The fourth-order valence-electron chi connectivity index (χ4n) is 3.03. The third-order valence-corrected chi connectivity index (χ3v) is 4.41. The van der Waals surface area contributed by atoms with Gasteiger partial charge in [-0.05, 0) is 30.5 Å². The van der Waals surface area contributed by atoms with Crippen molar-refractivity contribution < 1.29 is 15.0 Å². The molecule has 2 N–H and O–H groups in total. The summed E-state index contributed by atoms with van der Waals surface area (Å²) in [5.74, 6) is 0.266. The standard InChI is InChI=1S/C18H21N3O3/c22-16-4-1-13(2-5-16)3-6-18(24)21-11-14(17(23)12-21)9-15-10-19-7-8-20-15/h1-2,4-5,7-8,10,14,17,22-23H,3,6,9,11-12H2. The molecule has 1 fully saturated rings. The molecule has 0 aliphatic carbocycles. The molecule has 2 atom stereocenters. The number of hydrogen-bond donors (Lipinski definition) is 2. The van der Waals surface area contributed by atoms with Crippen LogP contribution in [0.4, 0.5) is 0 Å². The fraction of sp³-hybridized carbons (Fsp3) is 0.389.